The molecule has 0 unspecified atom stereocenters. The van der Waals surface area contributed by atoms with Crippen molar-refractivity contribution in [1.29, 1.82) is 0 Å². The van der Waals surface area contributed by atoms with Crippen LogP contribution in [0.25, 0.3) is 5.76 Å². The average molecular weight is 455 g/mol. The van der Waals surface area contributed by atoms with Gasteiger partial charge in [0.15, 0.2) is 11.5 Å². The van der Waals surface area contributed by atoms with Crippen molar-refractivity contribution in [3.63, 3.8) is 0 Å². The van der Waals surface area contributed by atoms with Crippen LogP contribution in [0.15, 0.2) is 48.0 Å². The van der Waals surface area contributed by atoms with Crippen LogP contribution >= 0.6 is 0 Å². The summed E-state index contributed by atoms with van der Waals surface area (Å²) in [6.45, 7) is 6.61. The normalized spacial score (nSPS) is 17.6. The van der Waals surface area contributed by atoms with Gasteiger partial charge in [0.1, 0.15) is 11.5 Å². The smallest absolute Gasteiger partial charge is 0.295 e. The van der Waals surface area contributed by atoms with Gasteiger partial charge in [-0.1, -0.05) is 26.0 Å². The summed E-state index contributed by atoms with van der Waals surface area (Å²) in [5, 5.41) is 20.9. The maximum Gasteiger partial charge on any atom is 0.295 e. The molecule has 0 radical (unpaired) electrons. The molecule has 1 saturated heterocycles. The third-order valence-corrected chi connectivity index (χ3v) is 5.96. The van der Waals surface area contributed by atoms with Crippen LogP contribution in [0.3, 0.4) is 0 Å². The summed E-state index contributed by atoms with van der Waals surface area (Å²) < 4.78 is 10.6. The molecule has 1 heterocycles. The Hall–Kier alpha value is -3.52. The fraction of sp³-hybridized carbons (Fsp3) is 0.360. The van der Waals surface area contributed by atoms with E-state index in [9.17, 15) is 19.8 Å². The van der Waals surface area contributed by atoms with Crippen molar-refractivity contribution in [2.24, 2.45) is 0 Å². The molecule has 33 heavy (non-hydrogen) atoms. The lowest BCUT2D eigenvalue weighted by Gasteiger charge is -2.28. The molecule has 0 bridgehead atoms. The fourth-order valence-electron chi connectivity index (χ4n) is 4.04. The zero-order valence-corrected chi connectivity index (χ0v) is 19.4. The monoisotopic (exact) mass is 454 g/mol. The highest BCUT2D eigenvalue weighted by molar-refractivity contribution is 6.46. The molecule has 1 atom stereocenters. The molecule has 0 saturated carbocycles. The largest absolute Gasteiger partial charge is 0.508 e. The van der Waals surface area contributed by atoms with Crippen molar-refractivity contribution < 1.29 is 29.3 Å². The van der Waals surface area contributed by atoms with Crippen molar-refractivity contribution >= 4 is 17.4 Å². The number of ether oxygens (including phenoxy) is 2. The molecule has 0 aromatic heterocycles. The number of rotatable bonds is 9. The minimum atomic E-state index is -0.783. The second-order valence-electron chi connectivity index (χ2n) is 7.68. The lowest BCUT2D eigenvalue weighted by molar-refractivity contribution is -0.140. The van der Waals surface area contributed by atoms with Crippen molar-refractivity contribution in [1.82, 2.24) is 9.80 Å². The van der Waals surface area contributed by atoms with Gasteiger partial charge in [0, 0.05) is 18.7 Å². The Morgan fingerprint density at radius 3 is 2.21 bits per heavy atom. The number of hydrogen-bond acceptors (Lipinski definition) is 7. The molecule has 0 spiro atoms. The molecule has 8 nitrogen and oxygen atoms in total. The summed E-state index contributed by atoms with van der Waals surface area (Å²) >= 11 is 0. The number of amides is 1. The molecule has 1 amide bonds. The standard InChI is InChI=1S/C25H30N2O6/c1-5-26(6-2)13-14-27-22(16-7-10-18(28)11-8-16)21(24(30)25(27)31)23(29)17-9-12-19(32-3)20(15-17)33-4/h7-12,15,22,28-29H,5-6,13-14H2,1-4H3/t22-/m0/s1. The van der Waals surface area contributed by atoms with Crippen molar-refractivity contribution in [2.75, 3.05) is 40.4 Å². The predicted molar refractivity (Wildman–Crippen MR) is 124 cm³/mol. The Morgan fingerprint density at radius 1 is 1.00 bits per heavy atom. The van der Waals surface area contributed by atoms with Crippen molar-refractivity contribution in [2.45, 2.75) is 19.9 Å². The summed E-state index contributed by atoms with van der Waals surface area (Å²) in [7, 11) is 2.98. The summed E-state index contributed by atoms with van der Waals surface area (Å²) in [5.41, 5.74) is 0.948. The third-order valence-electron chi connectivity index (χ3n) is 5.96. The van der Waals surface area contributed by atoms with Crippen LogP contribution in [0.5, 0.6) is 17.2 Å². The Labute approximate surface area is 193 Å². The number of ketones is 1. The Morgan fingerprint density at radius 2 is 1.64 bits per heavy atom. The number of likely N-dealkylation sites (tertiary alicyclic amines) is 1. The van der Waals surface area contributed by atoms with Gasteiger partial charge in [-0.05, 0) is 49.0 Å². The Kier molecular flexibility index (Phi) is 7.60. The molecule has 0 aliphatic carbocycles. The lowest BCUT2D eigenvalue weighted by Crippen LogP contribution is -2.38. The number of hydrogen-bond donors (Lipinski definition) is 2. The second kappa shape index (κ2) is 10.4. The Balaban J connectivity index is 2.12. The van der Waals surface area contributed by atoms with Gasteiger partial charge in [-0.3, -0.25) is 9.59 Å². The summed E-state index contributed by atoms with van der Waals surface area (Å²) in [6, 6.07) is 10.3. The molecular weight excluding hydrogens is 424 g/mol. The van der Waals surface area contributed by atoms with Crippen LogP contribution in [0, 0.1) is 0 Å². The second-order valence-corrected chi connectivity index (χ2v) is 7.68. The highest BCUT2D eigenvalue weighted by atomic mass is 16.5. The first-order valence-corrected chi connectivity index (χ1v) is 10.9. The third kappa shape index (κ3) is 4.80. The van der Waals surface area contributed by atoms with E-state index < -0.39 is 17.7 Å². The number of Topliss-reactive ketones (excluding diaryl/α,β-unsaturated/α-hetero) is 1. The molecule has 2 N–H and O–H groups in total. The molecule has 1 aliphatic heterocycles. The number of aliphatic hydroxyl groups is 1. The first kappa shape index (κ1) is 24.1. The first-order valence-electron chi connectivity index (χ1n) is 10.9. The SMILES string of the molecule is CCN(CC)CCN1C(=O)C(=O)C(=C(O)c2ccc(OC)c(OC)c2)[C@@H]1c1ccc(O)cc1. The number of nitrogens with zero attached hydrogens (tertiary/aromatic N) is 2. The maximum atomic E-state index is 13.1. The molecule has 2 aromatic rings. The summed E-state index contributed by atoms with van der Waals surface area (Å²) in [5.74, 6) is -0.777. The zero-order chi connectivity index (χ0) is 24.1. The van der Waals surface area contributed by atoms with Gasteiger partial charge in [-0.15, -0.1) is 0 Å². The molecule has 2 aromatic carbocycles. The van der Waals surface area contributed by atoms with Crippen LogP contribution in [-0.2, 0) is 9.59 Å². The fourth-order valence-corrected chi connectivity index (χ4v) is 4.04. The average Bonchev–Trinajstić information content (AvgIpc) is 3.09. The number of benzene rings is 2. The van der Waals surface area contributed by atoms with E-state index in [0.29, 0.717) is 35.7 Å². The van der Waals surface area contributed by atoms with Crippen LogP contribution in [-0.4, -0.2) is 72.1 Å². The number of carbonyl (C=O) groups is 2. The highest BCUT2D eigenvalue weighted by Crippen LogP contribution is 2.40. The van der Waals surface area contributed by atoms with E-state index in [-0.39, 0.29) is 17.1 Å². The lowest BCUT2D eigenvalue weighted by atomic mass is 9.95. The van der Waals surface area contributed by atoms with Gasteiger partial charge in [-0.25, -0.2) is 0 Å². The number of carbonyl (C=O) groups excluding carboxylic acids is 2. The van der Waals surface area contributed by atoms with Crippen molar-refractivity contribution in [3.8, 4) is 17.2 Å². The van der Waals surface area contributed by atoms with E-state index in [1.54, 1.807) is 30.3 Å². The van der Waals surface area contributed by atoms with Gasteiger partial charge in [0.2, 0.25) is 0 Å². The minimum Gasteiger partial charge on any atom is -0.508 e. The quantitative estimate of drug-likeness (QED) is 0.341. The maximum absolute atomic E-state index is 13.1. The van der Waals surface area contributed by atoms with Gasteiger partial charge < -0.3 is 29.5 Å². The topological polar surface area (TPSA) is 99.5 Å². The number of phenols is 1. The number of aliphatic hydroxyl groups excluding tert-OH is 1. The molecule has 1 fully saturated rings. The van der Waals surface area contributed by atoms with E-state index >= 15 is 0 Å². The van der Waals surface area contributed by atoms with Gasteiger partial charge in [0.05, 0.1) is 25.8 Å². The zero-order valence-electron chi connectivity index (χ0n) is 19.4. The van der Waals surface area contributed by atoms with Crippen LogP contribution < -0.4 is 9.47 Å². The van der Waals surface area contributed by atoms with E-state index in [2.05, 4.69) is 4.90 Å². The van der Waals surface area contributed by atoms with Gasteiger partial charge in [-0.2, -0.15) is 0 Å². The number of aromatic hydroxyl groups is 1. The van der Waals surface area contributed by atoms with E-state index in [1.807, 2.05) is 13.8 Å². The van der Waals surface area contributed by atoms with E-state index in [4.69, 9.17) is 9.47 Å². The van der Waals surface area contributed by atoms with Gasteiger partial charge in [0.25, 0.3) is 11.7 Å². The number of likely N-dealkylation sites (N-methyl/N-ethyl adjacent to an activating group) is 1. The molecule has 8 heteroatoms. The number of methoxy groups -OCH3 is 2. The van der Waals surface area contributed by atoms with Gasteiger partial charge >= 0.3 is 0 Å². The number of phenolic OH excluding ortho intramolecular Hbond substituents is 1. The summed E-state index contributed by atoms with van der Waals surface area (Å²) in [6.07, 6.45) is 0. The molecule has 1 aliphatic rings. The van der Waals surface area contributed by atoms with Crippen molar-refractivity contribution in [3.05, 3.63) is 59.2 Å². The molecular formula is C25H30N2O6. The van der Waals surface area contributed by atoms with E-state index in [0.717, 1.165) is 13.1 Å². The van der Waals surface area contributed by atoms with Crippen LogP contribution in [0.2, 0.25) is 0 Å². The highest BCUT2D eigenvalue weighted by Gasteiger charge is 2.46. The minimum absolute atomic E-state index is 0.00235. The molecule has 3 rings (SSSR count). The summed E-state index contributed by atoms with van der Waals surface area (Å²) in [4.78, 5) is 29.8. The first-order chi connectivity index (χ1) is 15.9. The molecule has 176 valence electrons. The van der Waals surface area contributed by atoms with Crippen LogP contribution in [0.4, 0.5) is 0 Å². The predicted octanol–water partition coefficient (Wildman–Crippen LogP) is 3.17. The van der Waals surface area contributed by atoms with Crippen LogP contribution in [0.1, 0.15) is 31.0 Å². The van der Waals surface area contributed by atoms with E-state index in [1.165, 1.54) is 31.3 Å². The Bertz CT molecular complexity index is 1040.